The summed E-state index contributed by atoms with van der Waals surface area (Å²) in [5, 5.41) is 14.8. The van der Waals surface area contributed by atoms with E-state index in [2.05, 4.69) is 0 Å². The van der Waals surface area contributed by atoms with Gasteiger partial charge >= 0.3 is 58.0 Å². The molecule has 0 aliphatic carbocycles. The molecule has 6 heteroatoms. The Morgan fingerprint density at radius 1 is 0.875 bits per heavy atom. The maximum Gasteiger partial charge on any atom is 0.414 e. The first-order valence-electron chi connectivity index (χ1n) is 1.11. The highest BCUT2D eigenvalue weighted by Crippen LogP contribution is 1.56. The first kappa shape index (κ1) is 15.8. The van der Waals surface area contributed by atoms with Crippen LogP contribution in [0.4, 0.5) is 0 Å². The summed E-state index contributed by atoms with van der Waals surface area (Å²) in [7, 11) is 0. The van der Waals surface area contributed by atoms with E-state index in [9.17, 15) is 0 Å². The van der Waals surface area contributed by atoms with Crippen molar-refractivity contribution in [2.45, 2.75) is 0 Å². The Morgan fingerprint density at radius 2 is 1.00 bits per heavy atom. The molecule has 0 fully saturated rings. The molecule has 0 saturated heterocycles. The normalized spacial score (nSPS) is 5.50. The molecule has 0 aromatic rings. The van der Waals surface area contributed by atoms with E-state index in [0.29, 0.717) is 0 Å². The topological polar surface area (TPSA) is 74.6 Å². The number of rotatable bonds is 0. The molecule has 0 aromatic heterocycles. The molecule has 42 valence electrons. The third-order valence-corrected chi connectivity index (χ3v) is 0.183. The zero-order chi connectivity index (χ0) is 5.15. The van der Waals surface area contributed by atoms with Gasteiger partial charge in [-0.05, 0) is 0 Å². The maximum absolute atomic E-state index is 9.10. The molecule has 0 aromatic carbocycles. The number of hydrogen-bond acceptors (Lipinski definition) is 2. The van der Waals surface area contributed by atoms with E-state index in [-0.39, 0.29) is 46.1 Å². The Kier molecular flexibility index (Phi) is 14.8. The van der Waals surface area contributed by atoms with E-state index in [1.165, 1.54) is 0 Å². The van der Waals surface area contributed by atoms with Gasteiger partial charge in [-0.1, -0.05) is 0 Å². The van der Waals surface area contributed by atoms with Gasteiger partial charge in [-0.2, -0.15) is 0 Å². The molecule has 0 spiro atoms. The van der Waals surface area contributed by atoms with Crippen LogP contribution in [0.2, 0.25) is 0 Å². The van der Waals surface area contributed by atoms with Gasteiger partial charge in [-0.15, -0.1) is 0 Å². The zero-order valence-electron chi connectivity index (χ0n) is 2.71. The van der Waals surface area contributed by atoms with Crippen molar-refractivity contribution in [2.24, 2.45) is 0 Å². The minimum atomic E-state index is -1.82. The molecule has 4 nitrogen and oxygen atoms in total. The monoisotopic (exact) mass is 142 g/mol. The van der Waals surface area contributed by atoms with Gasteiger partial charge in [0.2, 0.25) is 0 Å². The van der Waals surface area contributed by atoms with E-state index in [4.69, 9.17) is 19.8 Å². The minimum Gasteiger partial charge on any atom is -0.473 e. The van der Waals surface area contributed by atoms with Gasteiger partial charge in [0.1, 0.15) is 0 Å². The molecule has 8 heavy (non-hydrogen) atoms. The fraction of sp³-hybridized carbons (Fsp3) is 0. The third-order valence-electron chi connectivity index (χ3n) is 0.183. The van der Waals surface area contributed by atoms with Gasteiger partial charge in [0, 0.05) is 0 Å². The Morgan fingerprint density at radius 3 is 1.00 bits per heavy atom. The van der Waals surface area contributed by atoms with Crippen molar-refractivity contribution in [3.63, 3.8) is 0 Å². The van der Waals surface area contributed by atoms with Crippen molar-refractivity contribution in [3.8, 4) is 0 Å². The van der Waals surface area contributed by atoms with Crippen molar-refractivity contribution in [1.82, 2.24) is 0 Å². The highest BCUT2D eigenvalue weighted by Gasteiger charge is 2.04. The predicted octanol–water partition coefficient (Wildman–Crippen LogP) is -2.68. The van der Waals surface area contributed by atoms with E-state index in [1.807, 2.05) is 0 Å². The fourth-order valence-corrected chi connectivity index (χ4v) is 0. The number of carboxylic acid groups (broad SMARTS) is 2. The van der Waals surface area contributed by atoms with Crippen LogP contribution >= 0.6 is 0 Å². The molecule has 0 bridgehead atoms. The summed E-state index contributed by atoms with van der Waals surface area (Å²) in [6.07, 6.45) is 0. The quantitative estimate of drug-likeness (QED) is 0.286. The Labute approximate surface area is 77.6 Å². The smallest absolute Gasteiger partial charge is 0.414 e. The highest BCUT2D eigenvalue weighted by atomic mass is 24.3. The number of hydrogen-bond donors (Lipinski definition) is 2. The summed E-state index contributed by atoms with van der Waals surface area (Å²) in [6, 6.07) is 0. The van der Waals surface area contributed by atoms with Crippen LogP contribution in [0.1, 0.15) is 0 Å². The van der Waals surface area contributed by atoms with Crippen molar-refractivity contribution in [1.29, 1.82) is 0 Å². The first-order valence-corrected chi connectivity index (χ1v) is 1.11. The molecule has 0 amide bonds. The highest BCUT2D eigenvalue weighted by molar-refractivity contribution is 6.27. The molecule has 0 atom stereocenters. The van der Waals surface area contributed by atoms with Crippen LogP contribution < -0.4 is 0 Å². The minimum absolute atomic E-state index is 0. The van der Waals surface area contributed by atoms with Crippen molar-refractivity contribution >= 4 is 58.0 Å². The van der Waals surface area contributed by atoms with Crippen LogP contribution in [0.3, 0.4) is 0 Å². The molecule has 2 N–H and O–H groups in total. The summed E-state index contributed by atoms with van der Waals surface area (Å²) in [6.45, 7) is 0. The number of carboxylic acids is 2. The summed E-state index contributed by atoms with van der Waals surface area (Å²) in [5.41, 5.74) is 0. The second-order valence-electron chi connectivity index (χ2n) is 0.610. The molecule has 0 heterocycles. The molecular formula is C2H6Mg2O4. The average molecular weight is 143 g/mol. The maximum atomic E-state index is 9.10. The summed E-state index contributed by atoms with van der Waals surface area (Å²) < 4.78 is 0. The van der Waals surface area contributed by atoms with Crippen LogP contribution in [-0.4, -0.2) is 68.3 Å². The third kappa shape index (κ3) is 9.69. The molecule has 0 rings (SSSR count). The molecule has 0 unspecified atom stereocenters. The lowest BCUT2D eigenvalue weighted by molar-refractivity contribution is -0.159. The lowest BCUT2D eigenvalue weighted by Crippen LogP contribution is -2.09. The molecular weight excluding hydrogens is 137 g/mol. The van der Waals surface area contributed by atoms with Crippen LogP contribution in [0.25, 0.3) is 0 Å². The van der Waals surface area contributed by atoms with Crippen molar-refractivity contribution in [3.05, 3.63) is 0 Å². The van der Waals surface area contributed by atoms with E-state index in [1.54, 1.807) is 0 Å². The lowest BCUT2D eigenvalue weighted by Gasteiger charge is -1.72. The summed E-state index contributed by atoms with van der Waals surface area (Å²) in [5.74, 6) is -3.65. The van der Waals surface area contributed by atoms with Crippen LogP contribution in [-0.2, 0) is 9.59 Å². The number of aliphatic carboxylic acids is 2. The average Bonchev–Trinajstić information content (AvgIpc) is 1.36. The van der Waals surface area contributed by atoms with Gasteiger partial charge in [0.25, 0.3) is 0 Å². The van der Waals surface area contributed by atoms with Gasteiger partial charge < -0.3 is 10.2 Å². The van der Waals surface area contributed by atoms with E-state index < -0.39 is 11.9 Å². The largest absolute Gasteiger partial charge is 0.473 e. The summed E-state index contributed by atoms with van der Waals surface area (Å²) >= 11 is 0. The molecule has 0 aliphatic heterocycles. The SMILES string of the molecule is O=C(O)C(=O)O.[MgH2].[MgH2]. The predicted molar refractivity (Wildman–Crippen MR) is 32.4 cm³/mol. The second kappa shape index (κ2) is 7.47. The van der Waals surface area contributed by atoms with Crippen LogP contribution in [0.15, 0.2) is 0 Å². The summed E-state index contributed by atoms with van der Waals surface area (Å²) in [4.78, 5) is 18.2. The standard InChI is InChI=1S/C2H2O4.2Mg.4H/c3-1(4)2(5)6;;;;;;/h(H,3,4)(H,5,6);;;;;;. The van der Waals surface area contributed by atoms with Crippen LogP contribution in [0, 0.1) is 0 Å². The Bertz CT molecular complexity index is 78.0. The van der Waals surface area contributed by atoms with E-state index >= 15 is 0 Å². The van der Waals surface area contributed by atoms with E-state index in [0.717, 1.165) is 0 Å². The van der Waals surface area contributed by atoms with Gasteiger partial charge in [0.05, 0.1) is 0 Å². The molecule has 0 radical (unpaired) electrons. The van der Waals surface area contributed by atoms with Gasteiger partial charge in [-0.3, -0.25) is 0 Å². The van der Waals surface area contributed by atoms with Crippen molar-refractivity contribution < 1.29 is 19.8 Å². The lowest BCUT2D eigenvalue weighted by atomic mass is 10.7. The van der Waals surface area contributed by atoms with Gasteiger partial charge in [-0.25, -0.2) is 9.59 Å². The first-order chi connectivity index (χ1) is 2.64. The van der Waals surface area contributed by atoms with Crippen molar-refractivity contribution in [2.75, 3.05) is 0 Å². The van der Waals surface area contributed by atoms with Crippen LogP contribution in [0.5, 0.6) is 0 Å². The zero-order valence-corrected chi connectivity index (χ0v) is 2.71. The number of carbonyl (C=O) groups is 2. The molecule has 0 aliphatic rings. The second-order valence-corrected chi connectivity index (χ2v) is 0.610. The van der Waals surface area contributed by atoms with Gasteiger partial charge in [0.15, 0.2) is 0 Å². The molecule has 0 saturated carbocycles. The Hall–Kier alpha value is 0.472. The Balaban J connectivity index is -0.000000125. The fourth-order valence-electron chi connectivity index (χ4n) is 0.